The van der Waals surface area contributed by atoms with Crippen LogP contribution in [0.5, 0.6) is 0 Å². The van der Waals surface area contributed by atoms with Crippen molar-refractivity contribution in [2.45, 2.75) is 123 Å². The summed E-state index contributed by atoms with van der Waals surface area (Å²) in [5, 5.41) is 33.2. The van der Waals surface area contributed by atoms with Gasteiger partial charge in [-0.3, -0.25) is 9.59 Å². The number of hydrogen-bond donors (Lipinski definition) is 3. The summed E-state index contributed by atoms with van der Waals surface area (Å²) in [6, 6.07) is 2.91. The van der Waals surface area contributed by atoms with Crippen molar-refractivity contribution in [2.24, 2.45) is 22.7 Å². The van der Waals surface area contributed by atoms with Crippen molar-refractivity contribution in [3.8, 4) is 0 Å². The van der Waals surface area contributed by atoms with E-state index >= 15 is 0 Å². The minimum atomic E-state index is -2.10. The molecule has 8 heteroatoms. The molecule has 2 saturated carbocycles. The topological polar surface area (TPSA) is 113 Å². The summed E-state index contributed by atoms with van der Waals surface area (Å²) in [5.41, 5.74) is -1.29. The second-order valence-electron chi connectivity index (χ2n) is 12.5. The number of carbonyl (C=O) groups excluding carboxylic acids is 2. The molecule has 0 radical (unpaired) electrons. The number of carbonyl (C=O) groups is 2. The van der Waals surface area contributed by atoms with Crippen LogP contribution in [-0.4, -0.2) is 65.9 Å². The monoisotopic (exact) mass is 524 g/mol. The molecule has 3 aliphatic carbocycles. The number of aliphatic hydroxyl groups is 3. The number of fused-ring (bicyclic) bond motifs is 3. The Morgan fingerprint density at radius 3 is 2.22 bits per heavy atom. The number of Topliss-reactive ketones (excluding diaryl/α,β-unsaturated/α-hetero) is 1. The highest BCUT2D eigenvalue weighted by atomic mass is 28.4. The standard InChI is InChI=1S/C28H48O7Si/c1-9-36(10-2,11-3)35-21-15-27(8)13-12-22(32)28(33,16-29)25(27)24(34-18(5)30)19-14-20(31)17(4)23(21)26(19,6)7/h19,21-22,24-25,29,32-33H,9-16H2,1-8H3/t19-,21-,22-,24+,25-,27-,28-/m0/s1. The van der Waals surface area contributed by atoms with Crippen LogP contribution in [0.1, 0.15) is 81.1 Å². The number of aliphatic hydroxyl groups excluding tert-OH is 2. The Morgan fingerprint density at radius 2 is 1.72 bits per heavy atom. The van der Waals surface area contributed by atoms with Crippen LogP contribution in [0.25, 0.3) is 0 Å². The van der Waals surface area contributed by atoms with Crippen LogP contribution in [0.2, 0.25) is 18.1 Å². The van der Waals surface area contributed by atoms with Crippen molar-refractivity contribution in [3.05, 3.63) is 11.1 Å². The van der Waals surface area contributed by atoms with Crippen molar-refractivity contribution in [3.63, 3.8) is 0 Å². The van der Waals surface area contributed by atoms with Crippen LogP contribution in [0.4, 0.5) is 0 Å². The van der Waals surface area contributed by atoms with Crippen LogP contribution >= 0.6 is 0 Å². The first-order valence-corrected chi connectivity index (χ1v) is 16.3. The van der Waals surface area contributed by atoms with Gasteiger partial charge in [-0.15, -0.1) is 0 Å². The van der Waals surface area contributed by atoms with Crippen molar-refractivity contribution >= 4 is 20.1 Å². The fourth-order valence-corrected chi connectivity index (χ4v) is 10.7. The zero-order valence-corrected chi connectivity index (χ0v) is 24.5. The molecule has 0 aromatic rings. The average Bonchev–Trinajstić information content (AvgIpc) is 2.81. The summed E-state index contributed by atoms with van der Waals surface area (Å²) < 4.78 is 13.2. The predicted molar refractivity (Wildman–Crippen MR) is 141 cm³/mol. The molecular formula is C28H48O7Si. The maximum atomic E-state index is 13.4. The first-order valence-electron chi connectivity index (χ1n) is 13.8. The van der Waals surface area contributed by atoms with Gasteiger partial charge in [0, 0.05) is 25.2 Å². The second kappa shape index (κ2) is 10.2. The first-order chi connectivity index (χ1) is 16.7. The Hall–Kier alpha value is -1.06. The molecule has 0 unspecified atom stereocenters. The quantitative estimate of drug-likeness (QED) is 0.339. The lowest BCUT2D eigenvalue weighted by molar-refractivity contribution is -0.246. The molecule has 0 aromatic carbocycles. The van der Waals surface area contributed by atoms with Gasteiger partial charge in [0.1, 0.15) is 11.7 Å². The van der Waals surface area contributed by atoms with Gasteiger partial charge in [0.15, 0.2) is 14.1 Å². The zero-order chi connectivity index (χ0) is 27.3. The molecule has 2 bridgehead atoms. The molecule has 0 amide bonds. The van der Waals surface area contributed by atoms with Gasteiger partial charge in [-0.05, 0) is 66.3 Å². The number of allylic oxidation sites excluding steroid dienone is 1. The molecule has 206 valence electrons. The van der Waals surface area contributed by atoms with E-state index in [1.807, 2.05) is 6.92 Å². The number of esters is 1. The molecule has 3 aliphatic rings. The van der Waals surface area contributed by atoms with Gasteiger partial charge in [-0.25, -0.2) is 0 Å². The lowest BCUT2D eigenvalue weighted by Gasteiger charge is -2.61. The molecular weight excluding hydrogens is 476 g/mol. The predicted octanol–water partition coefficient (Wildman–Crippen LogP) is 4.14. The van der Waals surface area contributed by atoms with E-state index in [4.69, 9.17) is 9.16 Å². The van der Waals surface area contributed by atoms with Gasteiger partial charge in [-0.1, -0.05) is 41.5 Å². The maximum Gasteiger partial charge on any atom is 0.302 e. The van der Waals surface area contributed by atoms with E-state index in [1.165, 1.54) is 6.92 Å². The molecule has 0 aliphatic heterocycles. The Kier molecular flexibility index (Phi) is 8.40. The summed E-state index contributed by atoms with van der Waals surface area (Å²) in [6.45, 7) is 15.4. The summed E-state index contributed by atoms with van der Waals surface area (Å²) in [6.07, 6.45) is -0.704. The van der Waals surface area contributed by atoms with Crippen LogP contribution in [-0.2, 0) is 18.8 Å². The molecule has 0 aromatic heterocycles. The summed E-state index contributed by atoms with van der Waals surface area (Å²) in [4.78, 5) is 25.9. The van der Waals surface area contributed by atoms with Gasteiger partial charge < -0.3 is 24.5 Å². The average molecular weight is 525 g/mol. The highest BCUT2D eigenvalue weighted by molar-refractivity contribution is 6.73. The van der Waals surface area contributed by atoms with Gasteiger partial charge in [-0.2, -0.15) is 0 Å². The number of rotatable bonds is 7. The molecule has 2 fully saturated rings. The van der Waals surface area contributed by atoms with Gasteiger partial charge >= 0.3 is 5.97 Å². The van der Waals surface area contributed by atoms with Crippen LogP contribution in [0, 0.1) is 22.7 Å². The van der Waals surface area contributed by atoms with Gasteiger partial charge in [0.2, 0.25) is 0 Å². The van der Waals surface area contributed by atoms with E-state index in [2.05, 4.69) is 41.5 Å². The minimum absolute atomic E-state index is 0.00402. The van der Waals surface area contributed by atoms with Gasteiger partial charge in [0.05, 0.1) is 18.8 Å². The fraction of sp³-hybridized carbons (Fsp3) is 0.857. The summed E-state index contributed by atoms with van der Waals surface area (Å²) >= 11 is 0. The highest BCUT2D eigenvalue weighted by Crippen LogP contribution is 2.61. The van der Waals surface area contributed by atoms with Crippen LogP contribution in [0.15, 0.2) is 11.1 Å². The van der Waals surface area contributed by atoms with E-state index < -0.39 is 61.4 Å². The summed E-state index contributed by atoms with van der Waals surface area (Å²) in [5.74, 6) is -1.68. The van der Waals surface area contributed by atoms with E-state index in [-0.39, 0.29) is 18.3 Å². The van der Waals surface area contributed by atoms with Crippen LogP contribution in [0.3, 0.4) is 0 Å². The minimum Gasteiger partial charge on any atom is -0.462 e. The molecule has 36 heavy (non-hydrogen) atoms. The van der Waals surface area contributed by atoms with Crippen LogP contribution < -0.4 is 0 Å². The smallest absolute Gasteiger partial charge is 0.302 e. The second-order valence-corrected chi connectivity index (χ2v) is 17.2. The highest BCUT2D eigenvalue weighted by Gasteiger charge is 2.65. The molecule has 3 rings (SSSR count). The Morgan fingerprint density at radius 1 is 1.14 bits per heavy atom. The van der Waals surface area contributed by atoms with Crippen molar-refractivity contribution in [1.82, 2.24) is 0 Å². The number of ketones is 1. The molecule has 7 nitrogen and oxygen atoms in total. The third-order valence-electron chi connectivity index (χ3n) is 10.3. The molecule has 0 saturated heterocycles. The van der Waals surface area contributed by atoms with E-state index in [0.29, 0.717) is 19.3 Å². The van der Waals surface area contributed by atoms with Gasteiger partial charge in [0.25, 0.3) is 0 Å². The number of ether oxygens (including phenoxy) is 1. The fourth-order valence-electron chi connectivity index (χ4n) is 7.92. The van der Waals surface area contributed by atoms with Crippen molar-refractivity contribution < 1.29 is 34.1 Å². The Bertz CT molecular complexity index is 886. The Balaban J connectivity index is 2.32. The summed E-state index contributed by atoms with van der Waals surface area (Å²) in [7, 11) is -2.10. The molecule has 7 atom stereocenters. The Labute approximate surface area is 217 Å². The first kappa shape index (κ1) is 29.5. The molecule has 3 N–H and O–H groups in total. The van der Waals surface area contributed by atoms with E-state index in [0.717, 1.165) is 29.3 Å². The third-order valence-corrected chi connectivity index (χ3v) is 14.9. The third kappa shape index (κ3) is 4.66. The lowest BCUT2D eigenvalue weighted by Crippen LogP contribution is -2.68. The van der Waals surface area contributed by atoms with Crippen molar-refractivity contribution in [2.75, 3.05) is 6.61 Å². The van der Waals surface area contributed by atoms with E-state index in [9.17, 15) is 24.9 Å². The SMILES string of the molecule is CC[Si](CC)(CC)O[C@H]1C[C@]2(C)CC[C@H](O)[C@@](O)(CO)[C@H]2[C@H](OC(C)=O)[C@@H]2CC(=O)C(C)=C1C2(C)C. The number of hydrogen-bond acceptors (Lipinski definition) is 7. The lowest BCUT2D eigenvalue weighted by atomic mass is 9.48. The normalized spacial score (nSPS) is 38.8. The zero-order valence-electron chi connectivity index (χ0n) is 23.5. The largest absolute Gasteiger partial charge is 0.462 e. The molecule has 0 heterocycles. The maximum absolute atomic E-state index is 13.4. The van der Waals surface area contributed by atoms with Crippen molar-refractivity contribution in [1.29, 1.82) is 0 Å². The van der Waals surface area contributed by atoms with E-state index in [1.54, 1.807) is 0 Å². The molecule has 0 spiro atoms.